The predicted octanol–water partition coefficient (Wildman–Crippen LogP) is 2.60. The Labute approximate surface area is 148 Å². The molecule has 2 aromatic heterocycles. The molecule has 0 saturated carbocycles. The zero-order valence-corrected chi connectivity index (χ0v) is 15.1. The highest BCUT2D eigenvalue weighted by Gasteiger charge is 2.39. The average Bonchev–Trinajstić information content (AvgIpc) is 3.14. The first-order valence-electron chi connectivity index (χ1n) is 8.19. The number of thiocarbonyl (C=S) groups is 1. The highest BCUT2D eigenvalue weighted by atomic mass is 32.1. The normalized spacial score (nSPS) is 21.2. The number of nitrogens with one attached hydrogen (secondary N) is 1. The molecule has 3 rings (SSSR count). The number of aliphatic hydroxyl groups excluding tert-OH is 1. The van der Waals surface area contributed by atoms with Crippen molar-refractivity contribution in [2.75, 3.05) is 13.2 Å². The number of aliphatic hydroxyl groups is 1. The SMILES string of the molecule is CC(C)(C)n1ccc([C@H]2[C@H](c3ccccn3)NC(=S)N2CCO)c1. The summed E-state index contributed by atoms with van der Waals surface area (Å²) in [6, 6.07) is 8.03. The van der Waals surface area contributed by atoms with Crippen LogP contribution in [0.25, 0.3) is 0 Å². The summed E-state index contributed by atoms with van der Waals surface area (Å²) in [7, 11) is 0. The molecule has 1 aliphatic heterocycles. The number of β-amino-alcohol motifs (C(OH)–C–C–N with tert-alkyl or cyclic N) is 1. The zero-order valence-electron chi connectivity index (χ0n) is 14.3. The van der Waals surface area contributed by atoms with Gasteiger partial charge in [-0.3, -0.25) is 4.98 Å². The van der Waals surface area contributed by atoms with Crippen molar-refractivity contribution in [2.45, 2.75) is 38.4 Å². The van der Waals surface area contributed by atoms with Crippen LogP contribution < -0.4 is 5.32 Å². The Morgan fingerprint density at radius 2 is 2.08 bits per heavy atom. The molecule has 0 bridgehead atoms. The molecule has 2 aromatic rings. The van der Waals surface area contributed by atoms with Crippen molar-refractivity contribution < 1.29 is 5.11 Å². The highest BCUT2D eigenvalue weighted by molar-refractivity contribution is 7.80. The second-order valence-corrected chi connectivity index (χ2v) is 7.45. The largest absolute Gasteiger partial charge is 0.395 e. The average molecular weight is 344 g/mol. The lowest BCUT2D eigenvalue weighted by molar-refractivity contribution is 0.223. The van der Waals surface area contributed by atoms with Crippen LogP contribution in [0.5, 0.6) is 0 Å². The van der Waals surface area contributed by atoms with Crippen LogP contribution in [0.2, 0.25) is 0 Å². The summed E-state index contributed by atoms with van der Waals surface area (Å²) < 4.78 is 2.20. The van der Waals surface area contributed by atoms with Crippen molar-refractivity contribution in [3.63, 3.8) is 0 Å². The minimum absolute atomic E-state index is 0.0168. The van der Waals surface area contributed by atoms with Gasteiger partial charge in [0.2, 0.25) is 0 Å². The van der Waals surface area contributed by atoms with Gasteiger partial charge in [-0.15, -0.1) is 0 Å². The van der Waals surface area contributed by atoms with Gasteiger partial charge in [0.1, 0.15) is 0 Å². The molecule has 0 amide bonds. The number of nitrogens with zero attached hydrogens (tertiary/aromatic N) is 3. The van der Waals surface area contributed by atoms with Gasteiger partial charge in [-0.1, -0.05) is 6.07 Å². The molecule has 2 N–H and O–H groups in total. The summed E-state index contributed by atoms with van der Waals surface area (Å²) in [5, 5.41) is 13.5. The molecule has 0 spiro atoms. The number of hydrogen-bond acceptors (Lipinski definition) is 3. The number of pyridine rings is 1. The van der Waals surface area contributed by atoms with Gasteiger partial charge in [0.05, 0.1) is 24.4 Å². The lowest BCUT2D eigenvalue weighted by Gasteiger charge is -2.27. The van der Waals surface area contributed by atoms with Gasteiger partial charge < -0.3 is 19.9 Å². The van der Waals surface area contributed by atoms with Crippen molar-refractivity contribution in [3.8, 4) is 0 Å². The van der Waals surface area contributed by atoms with Gasteiger partial charge in [0, 0.05) is 30.7 Å². The van der Waals surface area contributed by atoms with Crippen LogP contribution in [-0.4, -0.2) is 37.8 Å². The fourth-order valence-electron chi connectivity index (χ4n) is 3.12. The van der Waals surface area contributed by atoms with E-state index >= 15 is 0 Å². The first-order valence-corrected chi connectivity index (χ1v) is 8.60. The van der Waals surface area contributed by atoms with E-state index in [1.54, 1.807) is 6.20 Å². The third-order valence-corrected chi connectivity index (χ3v) is 4.72. The lowest BCUT2D eigenvalue weighted by atomic mass is 9.99. The van der Waals surface area contributed by atoms with Crippen molar-refractivity contribution in [1.82, 2.24) is 19.8 Å². The standard InChI is InChI=1S/C18H24N4OS/c1-18(2,3)21-9-7-13(12-21)16-15(14-6-4-5-8-19-14)20-17(24)22(16)10-11-23/h4-9,12,15-16,23H,10-11H2,1-3H3,(H,20,24)/t15-,16-/m0/s1. The molecule has 24 heavy (non-hydrogen) atoms. The van der Waals surface area contributed by atoms with Gasteiger partial charge in [0.15, 0.2) is 5.11 Å². The molecule has 3 heterocycles. The van der Waals surface area contributed by atoms with Crippen molar-refractivity contribution in [2.24, 2.45) is 0 Å². The molecule has 1 saturated heterocycles. The van der Waals surface area contributed by atoms with Crippen LogP contribution in [0.4, 0.5) is 0 Å². The summed E-state index contributed by atoms with van der Waals surface area (Å²) >= 11 is 5.51. The molecule has 1 fully saturated rings. The van der Waals surface area contributed by atoms with Gasteiger partial charge in [-0.05, 0) is 56.8 Å². The Morgan fingerprint density at radius 3 is 2.67 bits per heavy atom. The number of rotatable bonds is 4. The van der Waals surface area contributed by atoms with E-state index in [2.05, 4.69) is 59.0 Å². The van der Waals surface area contributed by atoms with E-state index in [9.17, 15) is 5.11 Å². The van der Waals surface area contributed by atoms with E-state index in [1.165, 1.54) is 5.56 Å². The Bertz CT molecular complexity index is 707. The van der Waals surface area contributed by atoms with Crippen molar-refractivity contribution in [3.05, 3.63) is 54.1 Å². The molecule has 128 valence electrons. The van der Waals surface area contributed by atoms with E-state index in [4.69, 9.17) is 12.2 Å². The Morgan fingerprint density at radius 1 is 1.29 bits per heavy atom. The fourth-order valence-corrected chi connectivity index (χ4v) is 3.45. The van der Waals surface area contributed by atoms with E-state index in [1.807, 2.05) is 18.2 Å². The quantitative estimate of drug-likeness (QED) is 0.835. The van der Waals surface area contributed by atoms with Gasteiger partial charge in [-0.25, -0.2) is 0 Å². The molecule has 2 atom stereocenters. The molecule has 0 aromatic carbocycles. The van der Waals surface area contributed by atoms with E-state index in [0.717, 1.165) is 5.69 Å². The molecule has 0 aliphatic carbocycles. The van der Waals surface area contributed by atoms with Crippen LogP contribution in [-0.2, 0) is 5.54 Å². The molecule has 1 aliphatic rings. The van der Waals surface area contributed by atoms with Crippen LogP contribution in [0.1, 0.15) is 44.1 Å². The summed E-state index contributed by atoms with van der Waals surface area (Å²) in [6.07, 6.45) is 6.07. The first kappa shape index (κ1) is 16.9. The monoisotopic (exact) mass is 344 g/mol. The second-order valence-electron chi connectivity index (χ2n) is 7.07. The van der Waals surface area contributed by atoms with Gasteiger partial charge in [-0.2, -0.15) is 0 Å². The first-order chi connectivity index (χ1) is 11.4. The maximum Gasteiger partial charge on any atom is 0.170 e. The van der Waals surface area contributed by atoms with Crippen LogP contribution in [0, 0.1) is 0 Å². The van der Waals surface area contributed by atoms with Crippen LogP contribution in [0.15, 0.2) is 42.9 Å². The Balaban J connectivity index is 2.01. The minimum atomic E-state index is -0.0268. The smallest absolute Gasteiger partial charge is 0.170 e. The van der Waals surface area contributed by atoms with Crippen molar-refractivity contribution in [1.29, 1.82) is 0 Å². The summed E-state index contributed by atoms with van der Waals surface area (Å²) in [4.78, 5) is 6.56. The topological polar surface area (TPSA) is 53.3 Å². The lowest BCUT2D eigenvalue weighted by Crippen LogP contribution is -2.32. The van der Waals surface area contributed by atoms with Crippen molar-refractivity contribution >= 4 is 17.3 Å². The molecular weight excluding hydrogens is 320 g/mol. The molecule has 0 unspecified atom stereocenters. The summed E-state index contributed by atoms with van der Waals surface area (Å²) in [5.41, 5.74) is 2.14. The predicted molar refractivity (Wildman–Crippen MR) is 98.7 cm³/mol. The van der Waals surface area contributed by atoms with E-state index in [0.29, 0.717) is 11.7 Å². The molecular formula is C18H24N4OS. The third kappa shape index (κ3) is 3.16. The molecule has 6 heteroatoms. The van der Waals surface area contributed by atoms with Crippen LogP contribution >= 0.6 is 12.2 Å². The van der Waals surface area contributed by atoms with Gasteiger partial charge in [0.25, 0.3) is 0 Å². The Kier molecular flexibility index (Phi) is 4.60. The molecule has 0 radical (unpaired) electrons. The third-order valence-electron chi connectivity index (χ3n) is 4.37. The van der Waals surface area contributed by atoms with E-state index < -0.39 is 0 Å². The highest BCUT2D eigenvalue weighted by Crippen LogP contribution is 2.38. The number of aromatic nitrogens is 2. The number of hydrogen-bond donors (Lipinski definition) is 2. The minimum Gasteiger partial charge on any atom is -0.395 e. The van der Waals surface area contributed by atoms with Crippen LogP contribution in [0.3, 0.4) is 0 Å². The second kappa shape index (κ2) is 6.53. The maximum atomic E-state index is 9.45. The summed E-state index contributed by atoms with van der Waals surface area (Å²) in [6.45, 7) is 7.09. The maximum absolute atomic E-state index is 9.45. The Hall–Kier alpha value is -1.92. The molecule has 5 nitrogen and oxygen atoms in total. The van der Waals surface area contributed by atoms with Gasteiger partial charge >= 0.3 is 0 Å². The fraction of sp³-hybridized carbons (Fsp3) is 0.444. The summed E-state index contributed by atoms with van der Waals surface area (Å²) in [5.74, 6) is 0. The van der Waals surface area contributed by atoms with E-state index in [-0.39, 0.29) is 24.2 Å². The zero-order chi connectivity index (χ0) is 17.3.